The summed E-state index contributed by atoms with van der Waals surface area (Å²) in [6.07, 6.45) is -4.34. The molecular weight excluding hydrogens is 425 g/mol. The molecule has 2 heterocycles. The highest BCUT2D eigenvalue weighted by atomic mass is 79.9. The van der Waals surface area contributed by atoms with E-state index in [1.54, 1.807) is 22.7 Å². The Morgan fingerprint density at radius 3 is 2.44 bits per heavy atom. The lowest BCUT2D eigenvalue weighted by molar-refractivity contribution is -0.137. The molecule has 2 aromatic rings. The molecule has 146 valence electrons. The number of hydrogen-bond donors (Lipinski definition) is 0. The third kappa shape index (κ3) is 4.35. The fraction of sp³-hybridized carbons (Fsp3) is 0.444. The number of benzene rings is 1. The molecule has 27 heavy (non-hydrogen) atoms. The topological polar surface area (TPSA) is 41.4 Å². The molecule has 1 amide bonds. The molecule has 0 N–H and O–H groups in total. The first-order valence-corrected chi connectivity index (χ1v) is 9.33. The van der Waals surface area contributed by atoms with Gasteiger partial charge in [0.05, 0.1) is 15.7 Å². The summed E-state index contributed by atoms with van der Waals surface area (Å²) in [5, 5.41) is 4.26. The monoisotopic (exact) mass is 444 g/mol. The summed E-state index contributed by atoms with van der Waals surface area (Å²) in [5.74, 6) is -0.135. The average Bonchev–Trinajstić information content (AvgIpc) is 2.89. The second-order valence-corrected chi connectivity index (χ2v) is 7.43. The number of rotatable bonds is 3. The van der Waals surface area contributed by atoms with Crippen molar-refractivity contribution in [2.24, 2.45) is 7.05 Å². The first-order valence-electron chi connectivity index (χ1n) is 8.53. The van der Waals surface area contributed by atoms with Crippen LogP contribution in [-0.4, -0.2) is 51.7 Å². The van der Waals surface area contributed by atoms with Gasteiger partial charge in [0.2, 0.25) is 0 Å². The fourth-order valence-corrected chi connectivity index (χ4v) is 3.59. The second-order valence-electron chi connectivity index (χ2n) is 6.64. The molecule has 1 aliphatic rings. The molecule has 0 unspecified atom stereocenters. The third-order valence-electron chi connectivity index (χ3n) is 4.78. The van der Waals surface area contributed by atoms with E-state index in [1.165, 1.54) is 12.1 Å². The number of piperazine rings is 1. The average molecular weight is 445 g/mol. The number of carbonyl (C=O) groups excluding carboxylic acids is 1. The molecule has 1 aromatic heterocycles. The van der Waals surface area contributed by atoms with E-state index in [-0.39, 0.29) is 5.91 Å². The van der Waals surface area contributed by atoms with Crippen LogP contribution in [0.15, 0.2) is 28.7 Å². The van der Waals surface area contributed by atoms with Gasteiger partial charge in [-0.15, -0.1) is 0 Å². The summed E-state index contributed by atoms with van der Waals surface area (Å²) < 4.78 is 40.9. The summed E-state index contributed by atoms with van der Waals surface area (Å²) in [6.45, 7) is 4.54. The van der Waals surface area contributed by atoms with Crippen LogP contribution in [-0.2, 0) is 19.8 Å². The second kappa shape index (κ2) is 7.63. The minimum Gasteiger partial charge on any atom is -0.335 e. The molecule has 3 rings (SSSR count). The molecule has 9 heteroatoms. The maximum atomic E-state index is 12.8. The minimum atomic E-state index is -4.34. The van der Waals surface area contributed by atoms with Crippen molar-refractivity contribution in [3.05, 3.63) is 51.3 Å². The van der Waals surface area contributed by atoms with Crippen LogP contribution in [0.2, 0.25) is 0 Å². The Labute approximate surface area is 163 Å². The number of halogens is 4. The van der Waals surface area contributed by atoms with Gasteiger partial charge >= 0.3 is 6.18 Å². The van der Waals surface area contributed by atoms with Gasteiger partial charge in [-0.2, -0.15) is 18.3 Å². The van der Waals surface area contributed by atoms with Crippen LogP contribution >= 0.6 is 15.9 Å². The fourth-order valence-electron chi connectivity index (χ4n) is 3.08. The van der Waals surface area contributed by atoms with Crippen molar-refractivity contribution in [2.75, 3.05) is 26.2 Å². The van der Waals surface area contributed by atoms with E-state index in [0.29, 0.717) is 48.5 Å². The Bertz CT molecular complexity index is 842. The van der Waals surface area contributed by atoms with Crippen LogP contribution in [0.1, 0.15) is 27.3 Å². The van der Waals surface area contributed by atoms with E-state index in [9.17, 15) is 18.0 Å². The van der Waals surface area contributed by atoms with E-state index in [4.69, 9.17) is 0 Å². The Morgan fingerprint density at radius 1 is 1.22 bits per heavy atom. The molecule has 0 saturated carbocycles. The lowest BCUT2D eigenvalue weighted by atomic mass is 10.1. The van der Waals surface area contributed by atoms with Crippen molar-refractivity contribution in [1.82, 2.24) is 19.6 Å². The largest absolute Gasteiger partial charge is 0.416 e. The van der Waals surface area contributed by atoms with Crippen molar-refractivity contribution < 1.29 is 18.0 Å². The number of hydrogen-bond acceptors (Lipinski definition) is 3. The van der Waals surface area contributed by atoms with Crippen LogP contribution in [0, 0.1) is 6.92 Å². The van der Waals surface area contributed by atoms with Crippen molar-refractivity contribution in [3.8, 4) is 0 Å². The Kier molecular flexibility index (Phi) is 5.62. The van der Waals surface area contributed by atoms with Crippen LogP contribution < -0.4 is 0 Å². The number of aryl methyl sites for hydroxylation is 1. The zero-order valence-corrected chi connectivity index (χ0v) is 16.6. The van der Waals surface area contributed by atoms with Crippen molar-refractivity contribution in [2.45, 2.75) is 19.6 Å². The van der Waals surface area contributed by atoms with Crippen LogP contribution in [0.4, 0.5) is 13.2 Å². The van der Waals surface area contributed by atoms with Gasteiger partial charge in [-0.05, 0) is 34.5 Å². The van der Waals surface area contributed by atoms with Gasteiger partial charge in [-0.1, -0.05) is 18.2 Å². The molecule has 0 spiro atoms. The zero-order valence-electron chi connectivity index (χ0n) is 15.1. The molecular formula is C18H20BrF3N4O. The van der Waals surface area contributed by atoms with Gasteiger partial charge in [-0.3, -0.25) is 14.4 Å². The highest BCUT2D eigenvalue weighted by Crippen LogP contribution is 2.30. The molecule has 1 aliphatic heterocycles. The lowest BCUT2D eigenvalue weighted by Crippen LogP contribution is -2.48. The smallest absolute Gasteiger partial charge is 0.335 e. The maximum Gasteiger partial charge on any atom is 0.416 e. The molecule has 1 fully saturated rings. The Balaban J connectivity index is 1.61. The predicted molar refractivity (Wildman–Crippen MR) is 98.3 cm³/mol. The molecule has 5 nitrogen and oxygen atoms in total. The summed E-state index contributed by atoms with van der Waals surface area (Å²) in [6, 6.07) is 5.39. The Morgan fingerprint density at radius 2 is 1.89 bits per heavy atom. The van der Waals surface area contributed by atoms with Gasteiger partial charge in [-0.25, -0.2) is 0 Å². The normalized spacial score (nSPS) is 16.0. The molecule has 0 atom stereocenters. The van der Waals surface area contributed by atoms with Gasteiger partial charge in [0.15, 0.2) is 5.69 Å². The first kappa shape index (κ1) is 19.9. The highest BCUT2D eigenvalue weighted by molar-refractivity contribution is 9.10. The molecule has 0 bridgehead atoms. The van der Waals surface area contributed by atoms with E-state index >= 15 is 0 Å². The SMILES string of the molecule is Cc1c(Br)c(C(=O)N2CCN(Cc3cccc(C(F)(F)F)c3)CC2)nn1C. The van der Waals surface area contributed by atoms with Crippen molar-refractivity contribution in [1.29, 1.82) is 0 Å². The summed E-state index contributed by atoms with van der Waals surface area (Å²) >= 11 is 3.41. The molecule has 1 aromatic carbocycles. The number of alkyl halides is 3. The Hall–Kier alpha value is -1.87. The van der Waals surface area contributed by atoms with Crippen molar-refractivity contribution >= 4 is 21.8 Å². The van der Waals surface area contributed by atoms with Crippen LogP contribution in [0.3, 0.4) is 0 Å². The number of nitrogens with zero attached hydrogens (tertiary/aromatic N) is 4. The van der Waals surface area contributed by atoms with E-state index in [2.05, 4.69) is 25.9 Å². The molecule has 0 aliphatic carbocycles. The predicted octanol–water partition coefficient (Wildman–Crippen LogP) is 3.47. The number of amides is 1. The maximum absolute atomic E-state index is 12.8. The summed E-state index contributed by atoms with van der Waals surface area (Å²) in [5.41, 5.74) is 1.25. The summed E-state index contributed by atoms with van der Waals surface area (Å²) in [7, 11) is 1.78. The number of aromatic nitrogens is 2. The highest BCUT2D eigenvalue weighted by Gasteiger charge is 2.31. The molecule has 0 radical (unpaired) electrons. The zero-order chi connectivity index (χ0) is 19.8. The molecule has 1 saturated heterocycles. The van der Waals surface area contributed by atoms with Crippen LogP contribution in [0.5, 0.6) is 0 Å². The van der Waals surface area contributed by atoms with E-state index < -0.39 is 11.7 Å². The van der Waals surface area contributed by atoms with E-state index in [0.717, 1.165) is 11.8 Å². The standard InChI is InChI=1S/C18H20BrF3N4O/c1-12-15(19)16(23-24(12)2)17(27)26-8-6-25(7-9-26)11-13-4-3-5-14(10-13)18(20,21)22/h3-5,10H,6-9,11H2,1-2H3. The van der Waals surface area contributed by atoms with Crippen molar-refractivity contribution in [3.63, 3.8) is 0 Å². The first-order chi connectivity index (χ1) is 12.7. The van der Waals surface area contributed by atoms with E-state index in [1.807, 2.05) is 6.92 Å². The number of carbonyl (C=O) groups is 1. The minimum absolute atomic E-state index is 0.135. The van der Waals surface area contributed by atoms with Gasteiger partial charge in [0, 0.05) is 39.8 Å². The van der Waals surface area contributed by atoms with Gasteiger partial charge < -0.3 is 4.90 Å². The third-order valence-corrected chi connectivity index (χ3v) is 5.73. The van der Waals surface area contributed by atoms with Gasteiger partial charge in [0.1, 0.15) is 0 Å². The quantitative estimate of drug-likeness (QED) is 0.727. The summed E-state index contributed by atoms with van der Waals surface area (Å²) in [4.78, 5) is 16.5. The van der Waals surface area contributed by atoms with Gasteiger partial charge in [0.25, 0.3) is 5.91 Å². The van der Waals surface area contributed by atoms with Crippen LogP contribution in [0.25, 0.3) is 0 Å². The lowest BCUT2D eigenvalue weighted by Gasteiger charge is -2.34.